The van der Waals surface area contributed by atoms with Crippen LogP contribution in [0.2, 0.25) is 0 Å². The molecule has 1 heterocycles. The van der Waals surface area contributed by atoms with Crippen LogP contribution in [0.25, 0.3) is 0 Å². The third-order valence-corrected chi connectivity index (χ3v) is 1.56. The molecule has 1 aromatic rings. The van der Waals surface area contributed by atoms with Crippen LogP contribution in [0, 0.1) is 0 Å². The van der Waals surface area contributed by atoms with Crippen LogP contribution in [0.4, 0.5) is 0 Å². The first-order valence-corrected chi connectivity index (χ1v) is 4.31. The van der Waals surface area contributed by atoms with Gasteiger partial charge >= 0.3 is 0 Å². The molecule has 4 heteroatoms. The molecule has 0 aromatic carbocycles. The Morgan fingerprint density at radius 1 is 1.31 bits per heavy atom. The van der Waals surface area contributed by atoms with Crippen molar-refractivity contribution < 1.29 is 4.74 Å². The van der Waals surface area contributed by atoms with Crippen LogP contribution < -0.4 is 4.74 Å². The van der Waals surface area contributed by atoms with Gasteiger partial charge in [0, 0.05) is 6.54 Å². The van der Waals surface area contributed by atoms with Crippen LogP contribution in [0.1, 0.15) is 6.42 Å². The lowest BCUT2D eigenvalue weighted by atomic mass is 10.4. The van der Waals surface area contributed by atoms with E-state index >= 15 is 0 Å². The standard InChI is InChI=1S/C9H15N3O/c1-12(2)4-3-5-13-9-6-10-8-11-7-9/h6-8H,3-5H2,1-2H3. The average molecular weight is 181 g/mol. The van der Waals surface area contributed by atoms with Gasteiger partial charge < -0.3 is 9.64 Å². The van der Waals surface area contributed by atoms with Gasteiger partial charge in [0.25, 0.3) is 0 Å². The van der Waals surface area contributed by atoms with Crippen LogP contribution in [0.3, 0.4) is 0 Å². The van der Waals surface area contributed by atoms with E-state index in [1.807, 2.05) is 14.1 Å². The van der Waals surface area contributed by atoms with Gasteiger partial charge in [-0.3, -0.25) is 0 Å². The van der Waals surface area contributed by atoms with Crippen LogP contribution >= 0.6 is 0 Å². The maximum Gasteiger partial charge on any atom is 0.155 e. The Labute approximate surface area is 78.6 Å². The number of hydrogen-bond donors (Lipinski definition) is 0. The molecule has 0 fully saturated rings. The molecule has 0 saturated heterocycles. The summed E-state index contributed by atoms with van der Waals surface area (Å²) >= 11 is 0. The van der Waals surface area contributed by atoms with Crippen LogP contribution in [0.5, 0.6) is 5.75 Å². The van der Waals surface area contributed by atoms with E-state index in [4.69, 9.17) is 4.74 Å². The zero-order valence-corrected chi connectivity index (χ0v) is 8.10. The quantitative estimate of drug-likeness (QED) is 0.630. The van der Waals surface area contributed by atoms with Gasteiger partial charge in [-0.2, -0.15) is 0 Å². The normalized spacial score (nSPS) is 10.4. The number of hydrogen-bond acceptors (Lipinski definition) is 4. The number of rotatable bonds is 5. The van der Waals surface area contributed by atoms with Gasteiger partial charge in [-0.05, 0) is 20.5 Å². The fourth-order valence-corrected chi connectivity index (χ4v) is 0.931. The van der Waals surface area contributed by atoms with Crippen molar-refractivity contribution in [1.82, 2.24) is 14.9 Å². The Morgan fingerprint density at radius 2 is 2.00 bits per heavy atom. The van der Waals surface area contributed by atoms with Crippen molar-refractivity contribution in [3.05, 3.63) is 18.7 Å². The number of nitrogens with zero attached hydrogens (tertiary/aromatic N) is 3. The first kappa shape index (κ1) is 9.92. The van der Waals surface area contributed by atoms with Crippen molar-refractivity contribution in [2.24, 2.45) is 0 Å². The van der Waals surface area contributed by atoms with Gasteiger partial charge in [-0.1, -0.05) is 0 Å². The van der Waals surface area contributed by atoms with Gasteiger partial charge in [0.1, 0.15) is 6.33 Å². The summed E-state index contributed by atoms with van der Waals surface area (Å²) in [4.78, 5) is 9.83. The summed E-state index contributed by atoms with van der Waals surface area (Å²) in [5.41, 5.74) is 0. The van der Waals surface area contributed by atoms with E-state index in [2.05, 4.69) is 14.9 Å². The van der Waals surface area contributed by atoms with Crippen LogP contribution in [-0.4, -0.2) is 42.1 Å². The molecule has 72 valence electrons. The molecule has 1 rings (SSSR count). The van der Waals surface area contributed by atoms with Crippen molar-refractivity contribution in [2.45, 2.75) is 6.42 Å². The van der Waals surface area contributed by atoms with E-state index in [-0.39, 0.29) is 0 Å². The maximum atomic E-state index is 5.40. The van der Waals surface area contributed by atoms with Crippen molar-refractivity contribution in [3.8, 4) is 5.75 Å². The summed E-state index contributed by atoms with van der Waals surface area (Å²) in [5, 5.41) is 0. The van der Waals surface area contributed by atoms with E-state index in [0.717, 1.165) is 18.7 Å². The third kappa shape index (κ3) is 4.42. The van der Waals surface area contributed by atoms with Crippen LogP contribution in [-0.2, 0) is 0 Å². The SMILES string of the molecule is CN(C)CCCOc1cncnc1. The van der Waals surface area contributed by atoms with E-state index < -0.39 is 0 Å². The molecule has 0 N–H and O–H groups in total. The second kappa shape index (κ2) is 5.48. The minimum Gasteiger partial charge on any atom is -0.490 e. The molecule has 0 aliphatic rings. The Balaban J connectivity index is 2.13. The Kier molecular flexibility index (Phi) is 4.18. The zero-order chi connectivity index (χ0) is 9.52. The molecule has 0 saturated carbocycles. The molecule has 0 aliphatic heterocycles. The lowest BCUT2D eigenvalue weighted by molar-refractivity contribution is 0.280. The first-order chi connectivity index (χ1) is 6.29. The van der Waals surface area contributed by atoms with Crippen molar-refractivity contribution >= 4 is 0 Å². The highest BCUT2D eigenvalue weighted by Crippen LogP contribution is 2.03. The number of aromatic nitrogens is 2. The van der Waals surface area contributed by atoms with Crippen LogP contribution in [0.15, 0.2) is 18.7 Å². The smallest absolute Gasteiger partial charge is 0.155 e. The lowest BCUT2D eigenvalue weighted by Gasteiger charge is -2.09. The topological polar surface area (TPSA) is 38.2 Å². The average Bonchev–Trinajstić information content (AvgIpc) is 2.14. The Bertz CT molecular complexity index is 226. The highest BCUT2D eigenvalue weighted by Gasteiger charge is 1.93. The zero-order valence-electron chi connectivity index (χ0n) is 8.10. The van der Waals surface area contributed by atoms with Gasteiger partial charge in [0.15, 0.2) is 5.75 Å². The molecule has 0 atom stereocenters. The van der Waals surface area contributed by atoms with Gasteiger partial charge in [0.2, 0.25) is 0 Å². The summed E-state index contributed by atoms with van der Waals surface area (Å²) in [6.45, 7) is 1.75. The largest absolute Gasteiger partial charge is 0.490 e. The minimum absolute atomic E-state index is 0.714. The fourth-order valence-electron chi connectivity index (χ4n) is 0.931. The van der Waals surface area contributed by atoms with Gasteiger partial charge in [-0.25, -0.2) is 9.97 Å². The Morgan fingerprint density at radius 3 is 2.62 bits per heavy atom. The minimum atomic E-state index is 0.714. The second-order valence-corrected chi connectivity index (χ2v) is 3.08. The highest BCUT2D eigenvalue weighted by molar-refractivity contribution is 5.09. The summed E-state index contributed by atoms with van der Waals surface area (Å²) < 4.78 is 5.40. The molecule has 4 nitrogen and oxygen atoms in total. The molecular formula is C9H15N3O. The molecule has 1 aromatic heterocycles. The predicted molar refractivity (Wildman–Crippen MR) is 50.7 cm³/mol. The molecule has 13 heavy (non-hydrogen) atoms. The third-order valence-electron chi connectivity index (χ3n) is 1.56. The summed E-state index contributed by atoms with van der Waals surface area (Å²) in [6.07, 6.45) is 5.85. The Hall–Kier alpha value is -1.16. The molecular weight excluding hydrogens is 166 g/mol. The molecule has 0 unspecified atom stereocenters. The van der Waals surface area contributed by atoms with Gasteiger partial charge in [0.05, 0.1) is 19.0 Å². The second-order valence-electron chi connectivity index (χ2n) is 3.08. The van der Waals surface area contributed by atoms with E-state index in [0.29, 0.717) is 6.61 Å². The summed E-state index contributed by atoms with van der Waals surface area (Å²) in [6, 6.07) is 0. The predicted octanol–water partition coefficient (Wildman–Crippen LogP) is 0.807. The van der Waals surface area contributed by atoms with E-state index in [9.17, 15) is 0 Å². The van der Waals surface area contributed by atoms with Gasteiger partial charge in [-0.15, -0.1) is 0 Å². The molecule has 0 radical (unpaired) electrons. The molecule has 0 aliphatic carbocycles. The highest BCUT2D eigenvalue weighted by atomic mass is 16.5. The van der Waals surface area contributed by atoms with Crippen molar-refractivity contribution in [1.29, 1.82) is 0 Å². The van der Waals surface area contributed by atoms with Crippen molar-refractivity contribution in [3.63, 3.8) is 0 Å². The van der Waals surface area contributed by atoms with E-state index in [1.54, 1.807) is 12.4 Å². The maximum absolute atomic E-state index is 5.40. The summed E-state index contributed by atoms with van der Waals surface area (Å²) in [7, 11) is 4.09. The monoisotopic (exact) mass is 181 g/mol. The summed E-state index contributed by atoms with van der Waals surface area (Å²) in [5.74, 6) is 0.737. The lowest BCUT2D eigenvalue weighted by Crippen LogP contribution is -2.15. The molecule has 0 amide bonds. The molecule has 0 spiro atoms. The number of ether oxygens (including phenoxy) is 1. The molecule has 0 bridgehead atoms. The van der Waals surface area contributed by atoms with E-state index in [1.165, 1.54) is 6.33 Å². The fraction of sp³-hybridized carbons (Fsp3) is 0.556. The first-order valence-electron chi connectivity index (χ1n) is 4.31. The van der Waals surface area contributed by atoms with Crippen molar-refractivity contribution in [2.75, 3.05) is 27.2 Å².